The minimum absolute atomic E-state index is 0.0782. The number of carbonyl (C=O) groups excluding carboxylic acids is 2. The largest absolute Gasteiger partial charge is 0.451 e. The van der Waals surface area contributed by atoms with Gasteiger partial charge in [0.2, 0.25) is 0 Å². The van der Waals surface area contributed by atoms with Crippen molar-refractivity contribution in [3.63, 3.8) is 0 Å². The average Bonchev–Trinajstić information content (AvgIpc) is 3.17. The van der Waals surface area contributed by atoms with E-state index in [4.69, 9.17) is 4.74 Å². The molecular weight excluding hydrogens is 368 g/mol. The number of rotatable bonds is 6. The molecule has 1 aromatic heterocycles. The zero-order valence-corrected chi connectivity index (χ0v) is 14.8. The Labute approximate surface area is 158 Å². The number of carbonyl (C=O) groups is 2. The molecule has 136 valence electrons. The van der Waals surface area contributed by atoms with Gasteiger partial charge >= 0.3 is 5.97 Å². The smallest absolute Gasteiger partial charge is 0.349 e. The van der Waals surface area contributed by atoms with E-state index in [1.807, 2.05) is 36.4 Å². The topological polar surface area (TPSA) is 98.5 Å². The van der Waals surface area contributed by atoms with Gasteiger partial charge in [-0.25, -0.2) is 4.79 Å². The number of nitrogens with one attached hydrogen (secondary N) is 1. The first-order valence-corrected chi connectivity index (χ1v) is 8.77. The van der Waals surface area contributed by atoms with Gasteiger partial charge < -0.3 is 10.1 Å². The van der Waals surface area contributed by atoms with Crippen molar-refractivity contribution in [1.29, 1.82) is 0 Å². The molecule has 0 fully saturated rings. The number of non-ortho nitro benzene ring substituents is 1. The second kappa shape index (κ2) is 8.24. The van der Waals surface area contributed by atoms with Crippen molar-refractivity contribution in [2.45, 2.75) is 0 Å². The van der Waals surface area contributed by atoms with Crippen LogP contribution in [0.4, 0.5) is 11.4 Å². The number of benzene rings is 2. The highest BCUT2D eigenvalue weighted by molar-refractivity contribution is 7.12. The predicted molar refractivity (Wildman–Crippen MR) is 102 cm³/mol. The monoisotopic (exact) mass is 382 g/mol. The number of amides is 1. The minimum atomic E-state index is -0.581. The van der Waals surface area contributed by atoms with E-state index in [-0.39, 0.29) is 5.69 Å². The Morgan fingerprint density at radius 1 is 1.04 bits per heavy atom. The molecular formula is C19H14N2O5S. The standard InChI is InChI=1S/C19H14N2O5S/c22-17(20-14-6-8-15(9-7-14)21(24)25)12-26-19(23)18-16(10-11-27-18)13-4-2-1-3-5-13/h1-11H,12H2,(H,20,22). The maximum Gasteiger partial charge on any atom is 0.349 e. The van der Waals surface area contributed by atoms with E-state index in [0.717, 1.165) is 11.1 Å². The van der Waals surface area contributed by atoms with Crippen LogP contribution in [0.1, 0.15) is 9.67 Å². The fourth-order valence-corrected chi connectivity index (χ4v) is 3.18. The summed E-state index contributed by atoms with van der Waals surface area (Å²) in [5.74, 6) is -1.11. The van der Waals surface area contributed by atoms with Crippen LogP contribution in [-0.2, 0) is 9.53 Å². The van der Waals surface area contributed by atoms with Gasteiger partial charge in [-0.15, -0.1) is 11.3 Å². The van der Waals surface area contributed by atoms with E-state index >= 15 is 0 Å². The van der Waals surface area contributed by atoms with Crippen LogP contribution in [0.3, 0.4) is 0 Å². The Morgan fingerprint density at radius 2 is 1.74 bits per heavy atom. The van der Waals surface area contributed by atoms with Gasteiger partial charge in [0.1, 0.15) is 4.88 Å². The lowest BCUT2D eigenvalue weighted by Gasteiger charge is -2.07. The normalized spacial score (nSPS) is 10.2. The molecule has 2 aromatic carbocycles. The molecule has 0 bridgehead atoms. The highest BCUT2D eigenvalue weighted by Crippen LogP contribution is 2.28. The molecule has 0 unspecified atom stereocenters. The summed E-state index contributed by atoms with van der Waals surface area (Å²) in [5.41, 5.74) is 1.94. The van der Waals surface area contributed by atoms with Crippen molar-refractivity contribution in [1.82, 2.24) is 0 Å². The summed E-state index contributed by atoms with van der Waals surface area (Å²) < 4.78 is 5.10. The number of esters is 1. The van der Waals surface area contributed by atoms with E-state index in [1.54, 1.807) is 5.38 Å². The minimum Gasteiger partial charge on any atom is -0.451 e. The number of hydrogen-bond acceptors (Lipinski definition) is 6. The third kappa shape index (κ3) is 4.56. The van der Waals surface area contributed by atoms with Crippen LogP contribution in [0.2, 0.25) is 0 Å². The summed E-state index contributed by atoms with van der Waals surface area (Å²) in [5, 5.41) is 14.9. The van der Waals surface area contributed by atoms with Crippen LogP contribution in [0.25, 0.3) is 11.1 Å². The van der Waals surface area contributed by atoms with E-state index in [0.29, 0.717) is 10.6 Å². The number of hydrogen-bond donors (Lipinski definition) is 1. The molecule has 0 radical (unpaired) electrons. The molecule has 0 saturated heterocycles. The molecule has 3 rings (SSSR count). The Balaban J connectivity index is 1.59. The summed E-state index contributed by atoms with van der Waals surface area (Å²) in [6.07, 6.45) is 0. The van der Waals surface area contributed by atoms with E-state index in [2.05, 4.69) is 5.32 Å². The van der Waals surface area contributed by atoms with Crippen LogP contribution in [0.15, 0.2) is 66.0 Å². The second-order valence-corrected chi connectivity index (χ2v) is 6.37. The van der Waals surface area contributed by atoms with Crippen LogP contribution in [0.5, 0.6) is 0 Å². The van der Waals surface area contributed by atoms with Crippen molar-refractivity contribution in [2.75, 3.05) is 11.9 Å². The third-order valence-corrected chi connectivity index (χ3v) is 4.53. The van der Waals surface area contributed by atoms with Crippen molar-refractivity contribution >= 4 is 34.6 Å². The van der Waals surface area contributed by atoms with Crippen LogP contribution >= 0.6 is 11.3 Å². The van der Waals surface area contributed by atoms with Crippen LogP contribution in [-0.4, -0.2) is 23.4 Å². The second-order valence-electron chi connectivity index (χ2n) is 5.46. The van der Waals surface area contributed by atoms with E-state index in [1.165, 1.54) is 35.6 Å². The predicted octanol–water partition coefficient (Wildman–Crippen LogP) is 4.12. The van der Waals surface area contributed by atoms with Gasteiger partial charge in [-0.2, -0.15) is 0 Å². The van der Waals surface area contributed by atoms with Gasteiger partial charge in [-0.1, -0.05) is 30.3 Å². The summed E-state index contributed by atoms with van der Waals surface area (Å²) in [7, 11) is 0. The molecule has 8 heteroatoms. The Morgan fingerprint density at radius 3 is 2.41 bits per heavy atom. The van der Waals surface area contributed by atoms with Gasteiger partial charge in [0.25, 0.3) is 11.6 Å². The number of thiophene rings is 1. The molecule has 3 aromatic rings. The van der Waals surface area contributed by atoms with E-state index in [9.17, 15) is 19.7 Å². The summed E-state index contributed by atoms with van der Waals surface area (Å²) in [6, 6.07) is 16.6. The first-order chi connectivity index (χ1) is 13.0. The highest BCUT2D eigenvalue weighted by Gasteiger charge is 2.17. The number of nitro groups is 1. The van der Waals surface area contributed by atoms with Gasteiger partial charge in [-0.3, -0.25) is 14.9 Å². The number of nitro benzene ring substituents is 1. The molecule has 0 spiro atoms. The van der Waals surface area contributed by atoms with Crippen molar-refractivity contribution in [3.8, 4) is 11.1 Å². The molecule has 1 N–H and O–H groups in total. The molecule has 0 aliphatic carbocycles. The maximum atomic E-state index is 12.3. The Bertz CT molecular complexity index is 967. The SMILES string of the molecule is O=C(COC(=O)c1sccc1-c1ccccc1)Nc1ccc([N+](=O)[O-])cc1. The van der Waals surface area contributed by atoms with Gasteiger partial charge in [-0.05, 0) is 29.1 Å². The fraction of sp³-hybridized carbons (Fsp3) is 0.0526. The van der Waals surface area contributed by atoms with Crippen molar-refractivity contribution in [2.24, 2.45) is 0 Å². The molecule has 7 nitrogen and oxygen atoms in total. The van der Waals surface area contributed by atoms with Crippen molar-refractivity contribution < 1.29 is 19.2 Å². The molecule has 27 heavy (non-hydrogen) atoms. The van der Waals surface area contributed by atoms with Crippen LogP contribution < -0.4 is 5.32 Å². The van der Waals surface area contributed by atoms with Crippen LogP contribution in [0, 0.1) is 10.1 Å². The first-order valence-electron chi connectivity index (χ1n) is 7.89. The van der Waals surface area contributed by atoms with Gasteiger partial charge in [0.05, 0.1) is 4.92 Å². The highest BCUT2D eigenvalue weighted by atomic mass is 32.1. The molecule has 0 aliphatic heterocycles. The lowest BCUT2D eigenvalue weighted by atomic mass is 10.1. The number of anilines is 1. The summed E-state index contributed by atoms with van der Waals surface area (Å²) >= 11 is 1.24. The van der Waals surface area contributed by atoms with Gasteiger partial charge in [0.15, 0.2) is 6.61 Å². The molecule has 0 atom stereocenters. The first kappa shape index (κ1) is 18.3. The zero-order valence-electron chi connectivity index (χ0n) is 14.0. The summed E-state index contributed by atoms with van der Waals surface area (Å²) in [6.45, 7) is -0.456. The number of nitrogens with zero attached hydrogens (tertiary/aromatic N) is 1. The lowest BCUT2D eigenvalue weighted by Crippen LogP contribution is -2.20. The van der Waals surface area contributed by atoms with E-state index < -0.39 is 23.4 Å². The lowest BCUT2D eigenvalue weighted by molar-refractivity contribution is -0.384. The Hall–Kier alpha value is -3.52. The molecule has 0 saturated carbocycles. The summed E-state index contributed by atoms with van der Waals surface area (Å²) in [4.78, 5) is 34.8. The quantitative estimate of drug-likeness (QED) is 0.393. The average molecular weight is 382 g/mol. The zero-order chi connectivity index (χ0) is 19.2. The van der Waals surface area contributed by atoms with Gasteiger partial charge in [0, 0.05) is 23.4 Å². The maximum absolute atomic E-state index is 12.3. The Kier molecular flexibility index (Phi) is 5.58. The number of ether oxygens (including phenoxy) is 1. The fourth-order valence-electron chi connectivity index (χ4n) is 2.37. The molecule has 1 heterocycles. The molecule has 0 aliphatic rings. The third-order valence-electron chi connectivity index (χ3n) is 3.63. The van der Waals surface area contributed by atoms with Crippen molar-refractivity contribution in [3.05, 3.63) is 81.0 Å². The molecule has 1 amide bonds.